The van der Waals surface area contributed by atoms with E-state index in [0.29, 0.717) is 35.7 Å². The van der Waals surface area contributed by atoms with E-state index < -0.39 is 12.0 Å². The van der Waals surface area contributed by atoms with E-state index in [1.807, 2.05) is 42.6 Å². The van der Waals surface area contributed by atoms with Crippen LogP contribution in [0.15, 0.2) is 54.7 Å². The largest absolute Gasteiger partial charge is 0.456 e. The Morgan fingerprint density at radius 1 is 0.911 bits per heavy atom. The van der Waals surface area contributed by atoms with Gasteiger partial charge in [-0.05, 0) is 111 Å². The Morgan fingerprint density at radius 3 is 2.24 bits per heavy atom. The molecule has 5 aliphatic carbocycles. The summed E-state index contributed by atoms with van der Waals surface area (Å²) in [6.07, 6.45) is 16.3. The van der Waals surface area contributed by atoms with Gasteiger partial charge in [-0.15, -0.1) is 0 Å². The molecule has 1 amide bonds. The summed E-state index contributed by atoms with van der Waals surface area (Å²) < 4.78 is 5.67. The highest BCUT2D eigenvalue weighted by Gasteiger charge is 2.55. The molecule has 0 aliphatic heterocycles. The Labute approximate surface area is 267 Å². The van der Waals surface area contributed by atoms with Crippen LogP contribution in [0.2, 0.25) is 0 Å². The second-order valence-corrected chi connectivity index (χ2v) is 14.9. The zero-order valence-electron chi connectivity index (χ0n) is 26.7. The van der Waals surface area contributed by atoms with E-state index in [4.69, 9.17) is 4.74 Å². The summed E-state index contributed by atoms with van der Waals surface area (Å²) >= 11 is 0. The molecule has 0 saturated heterocycles. The number of hydrogen-bond donors (Lipinski definition) is 2. The Kier molecular flexibility index (Phi) is 8.58. The Morgan fingerprint density at radius 2 is 1.58 bits per heavy atom. The fourth-order valence-corrected chi connectivity index (χ4v) is 9.87. The Balaban J connectivity index is 1.01. The number of fused-ring (bicyclic) bond motifs is 1. The molecule has 4 bridgehead atoms. The third-order valence-corrected chi connectivity index (χ3v) is 11.8. The lowest BCUT2D eigenvalue weighted by molar-refractivity contribution is -0.153. The van der Waals surface area contributed by atoms with Gasteiger partial charge in [0.15, 0.2) is 12.4 Å². The average Bonchev–Trinajstić information content (AvgIpc) is 3.46. The molecule has 45 heavy (non-hydrogen) atoms. The number of benzene rings is 2. The molecule has 2 aromatic carbocycles. The number of ether oxygens (including phenoxy) is 1. The second kappa shape index (κ2) is 12.8. The minimum atomic E-state index is -0.859. The average molecular weight is 609 g/mol. The smallest absolute Gasteiger partial charge is 0.329 e. The van der Waals surface area contributed by atoms with Gasteiger partial charge in [-0.25, -0.2) is 4.79 Å². The zero-order chi connectivity index (χ0) is 31.0. The number of aromatic nitrogens is 1. The molecule has 1 atom stereocenters. The van der Waals surface area contributed by atoms with Crippen molar-refractivity contribution in [3.05, 3.63) is 71.4 Å². The topological polar surface area (TPSA) is 88.3 Å². The summed E-state index contributed by atoms with van der Waals surface area (Å²) in [5.41, 5.74) is 3.41. The van der Waals surface area contributed by atoms with Crippen molar-refractivity contribution < 1.29 is 19.1 Å². The van der Waals surface area contributed by atoms with Gasteiger partial charge >= 0.3 is 5.97 Å². The number of ketones is 1. The molecule has 6 heteroatoms. The highest BCUT2D eigenvalue weighted by Crippen LogP contribution is 2.60. The minimum Gasteiger partial charge on any atom is -0.456 e. The van der Waals surface area contributed by atoms with Gasteiger partial charge < -0.3 is 15.0 Å². The van der Waals surface area contributed by atoms with Crippen LogP contribution in [0.1, 0.15) is 111 Å². The molecule has 1 aromatic heterocycles. The summed E-state index contributed by atoms with van der Waals surface area (Å²) in [4.78, 5) is 44.1. The van der Waals surface area contributed by atoms with Gasteiger partial charge in [-0.1, -0.05) is 62.2 Å². The van der Waals surface area contributed by atoms with Crippen LogP contribution in [0, 0.1) is 29.1 Å². The van der Waals surface area contributed by atoms with E-state index >= 15 is 0 Å². The molecule has 1 unspecified atom stereocenters. The molecule has 6 nitrogen and oxygen atoms in total. The summed E-state index contributed by atoms with van der Waals surface area (Å²) in [7, 11) is 0. The highest BCUT2D eigenvalue weighted by molar-refractivity contribution is 5.98. The van der Waals surface area contributed by atoms with Crippen molar-refractivity contribution in [1.82, 2.24) is 10.3 Å². The predicted molar refractivity (Wildman–Crippen MR) is 176 cm³/mol. The number of hydrogen-bond acceptors (Lipinski definition) is 4. The SMILES string of the molecule is CCCC1CCC(c2ccc(C(=O)COC(=O)C(Cc3c[nH]c4ccccc34)NC(=O)C34CC5CC(CC(C5)C3)C4)cc2)CC1. The van der Waals surface area contributed by atoms with Crippen molar-refractivity contribution in [3.8, 4) is 0 Å². The van der Waals surface area contributed by atoms with Crippen LogP contribution in [0.3, 0.4) is 0 Å². The molecule has 0 spiro atoms. The fraction of sp³-hybridized carbons (Fsp3) is 0.564. The van der Waals surface area contributed by atoms with Crippen LogP contribution < -0.4 is 5.32 Å². The van der Waals surface area contributed by atoms with Gasteiger partial charge in [0.2, 0.25) is 5.91 Å². The maximum atomic E-state index is 14.0. The quantitative estimate of drug-likeness (QED) is 0.171. The number of nitrogens with one attached hydrogen (secondary N) is 2. The van der Waals surface area contributed by atoms with Crippen molar-refractivity contribution in [3.63, 3.8) is 0 Å². The summed E-state index contributed by atoms with van der Waals surface area (Å²) in [6.45, 7) is 1.93. The van der Waals surface area contributed by atoms with Crippen LogP contribution >= 0.6 is 0 Å². The summed E-state index contributed by atoms with van der Waals surface area (Å²) in [5.74, 6) is 2.52. The van der Waals surface area contributed by atoms with Gasteiger partial charge in [0.25, 0.3) is 0 Å². The molecular weight excluding hydrogens is 560 g/mol. The van der Waals surface area contributed by atoms with Gasteiger partial charge in [0.05, 0.1) is 0 Å². The first-order valence-electron chi connectivity index (χ1n) is 17.5. The standard InChI is InChI=1S/C39H48N2O4/c1-2-5-25-8-10-29(11-9-25)30-12-14-31(15-13-30)36(42)24-45-37(43)35(19-32-23-40-34-7-4-3-6-33(32)34)41-38(44)39-20-26-16-27(21-39)18-28(17-26)22-39/h3-4,6-7,12-15,23,25-29,35,40H,2,5,8-11,16-22,24H2,1H3,(H,41,44). The molecule has 1 heterocycles. The molecule has 0 radical (unpaired) electrons. The zero-order valence-corrected chi connectivity index (χ0v) is 26.7. The molecule has 5 saturated carbocycles. The minimum absolute atomic E-state index is 0.00552. The van der Waals surface area contributed by atoms with Gasteiger partial charge in [-0.2, -0.15) is 0 Å². The van der Waals surface area contributed by atoms with E-state index in [-0.39, 0.29) is 23.7 Å². The fourth-order valence-electron chi connectivity index (χ4n) is 9.87. The first-order chi connectivity index (χ1) is 21.9. The van der Waals surface area contributed by atoms with Crippen molar-refractivity contribution >= 4 is 28.6 Å². The van der Waals surface area contributed by atoms with E-state index in [0.717, 1.165) is 41.6 Å². The van der Waals surface area contributed by atoms with Gasteiger partial charge in [0, 0.05) is 34.5 Å². The molecule has 3 aromatic rings. The summed E-state index contributed by atoms with van der Waals surface area (Å²) in [6, 6.07) is 15.0. The second-order valence-electron chi connectivity index (χ2n) is 14.9. The van der Waals surface area contributed by atoms with Crippen LogP contribution in [0.5, 0.6) is 0 Å². The Bertz CT molecular complexity index is 1490. The molecule has 5 fully saturated rings. The third kappa shape index (κ3) is 6.35. The molecule has 2 N–H and O–H groups in total. The van der Waals surface area contributed by atoms with Crippen LogP contribution in [0.4, 0.5) is 0 Å². The first kappa shape index (κ1) is 30.3. The van der Waals surface area contributed by atoms with Crippen LogP contribution in [-0.4, -0.2) is 35.3 Å². The predicted octanol–water partition coefficient (Wildman–Crippen LogP) is 7.91. The van der Waals surface area contributed by atoms with Crippen molar-refractivity contribution in [2.45, 2.75) is 102 Å². The van der Waals surface area contributed by atoms with Crippen LogP contribution in [-0.2, 0) is 20.7 Å². The summed E-state index contributed by atoms with van der Waals surface area (Å²) in [5, 5.41) is 4.18. The lowest BCUT2D eigenvalue weighted by Gasteiger charge is -2.55. The van der Waals surface area contributed by atoms with Crippen LogP contribution in [0.25, 0.3) is 10.9 Å². The van der Waals surface area contributed by atoms with E-state index in [2.05, 4.69) is 29.4 Å². The number of para-hydroxylation sites is 1. The number of aromatic amines is 1. The van der Waals surface area contributed by atoms with E-state index in [1.54, 1.807) is 0 Å². The first-order valence-corrected chi connectivity index (χ1v) is 17.5. The number of carbonyl (C=O) groups excluding carboxylic acids is 3. The van der Waals surface area contributed by atoms with Crippen molar-refractivity contribution in [2.24, 2.45) is 29.1 Å². The Hall–Kier alpha value is -3.41. The van der Waals surface area contributed by atoms with Gasteiger partial charge in [0.1, 0.15) is 6.04 Å². The number of amides is 1. The maximum Gasteiger partial charge on any atom is 0.329 e. The van der Waals surface area contributed by atoms with Crippen molar-refractivity contribution in [1.29, 1.82) is 0 Å². The lowest BCUT2D eigenvalue weighted by Crippen LogP contribution is -2.56. The van der Waals surface area contributed by atoms with Gasteiger partial charge in [-0.3, -0.25) is 9.59 Å². The van der Waals surface area contributed by atoms with E-state index in [9.17, 15) is 14.4 Å². The number of rotatable bonds is 11. The number of Topliss-reactive ketones (excluding diaryl/α,β-unsaturated/α-hetero) is 1. The number of H-pyrrole nitrogens is 1. The van der Waals surface area contributed by atoms with Crippen molar-refractivity contribution in [2.75, 3.05) is 6.61 Å². The molecular formula is C39H48N2O4. The molecule has 8 rings (SSSR count). The maximum absolute atomic E-state index is 14.0. The third-order valence-electron chi connectivity index (χ3n) is 11.8. The highest BCUT2D eigenvalue weighted by atomic mass is 16.5. The number of carbonyl (C=O) groups is 3. The van der Waals surface area contributed by atoms with E-state index in [1.165, 1.54) is 63.4 Å². The normalized spacial score (nSPS) is 29.4. The molecule has 238 valence electrons. The number of esters is 1. The molecule has 5 aliphatic rings. The lowest BCUT2D eigenvalue weighted by atomic mass is 9.49. The monoisotopic (exact) mass is 608 g/mol.